The summed E-state index contributed by atoms with van der Waals surface area (Å²) in [6, 6.07) is 5.36. The molecule has 1 unspecified atom stereocenters. The zero-order valence-corrected chi connectivity index (χ0v) is 16.2. The van der Waals surface area contributed by atoms with Gasteiger partial charge in [0, 0.05) is 19.0 Å². The maximum Gasteiger partial charge on any atom is 0.221 e. The summed E-state index contributed by atoms with van der Waals surface area (Å²) in [5.74, 6) is 0.0568. The lowest BCUT2D eigenvalue weighted by Crippen LogP contribution is -2.46. The molecule has 5 nitrogen and oxygen atoms in total. The summed E-state index contributed by atoms with van der Waals surface area (Å²) in [4.78, 5) is 12.6. The molecular formula is C20H30N2O3S. The zero-order chi connectivity index (χ0) is 18.6. The third-order valence-corrected chi connectivity index (χ3v) is 7.56. The van der Waals surface area contributed by atoms with Gasteiger partial charge in [0.25, 0.3) is 0 Å². The predicted molar refractivity (Wildman–Crippen MR) is 103 cm³/mol. The van der Waals surface area contributed by atoms with Crippen molar-refractivity contribution in [2.45, 2.75) is 68.7 Å². The van der Waals surface area contributed by atoms with Gasteiger partial charge >= 0.3 is 0 Å². The van der Waals surface area contributed by atoms with E-state index >= 15 is 0 Å². The van der Waals surface area contributed by atoms with E-state index in [0.29, 0.717) is 17.4 Å². The Balaban J connectivity index is 1.55. The van der Waals surface area contributed by atoms with Crippen LogP contribution < -0.4 is 11.1 Å². The third-order valence-electron chi connectivity index (χ3n) is 5.85. The lowest BCUT2D eigenvalue weighted by atomic mass is 9.84. The van der Waals surface area contributed by atoms with Gasteiger partial charge in [-0.2, -0.15) is 0 Å². The van der Waals surface area contributed by atoms with Crippen LogP contribution in [0, 0.1) is 5.92 Å². The molecule has 0 bridgehead atoms. The number of fused-ring (bicyclic) bond motifs is 1. The highest BCUT2D eigenvalue weighted by atomic mass is 32.2. The van der Waals surface area contributed by atoms with E-state index < -0.39 is 9.84 Å². The quantitative estimate of drug-likeness (QED) is 0.762. The molecule has 1 fully saturated rings. The molecule has 1 atom stereocenters. The molecule has 0 aromatic heterocycles. The number of hydrogen-bond donors (Lipinski definition) is 2. The second-order valence-electron chi connectivity index (χ2n) is 7.66. The second-order valence-corrected chi connectivity index (χ2v) is 9.77. The second kappa shape index (κ2) is 8.53. The van der Waals surface area contributed by atoms with Crippen LogP contribution in [0.25, 0.3) is 0 Å². The van der Waals surface area contributed by atoms with Crippen molar-refractivity contribution in [2.75, 3.05) is 12.3 Å². The highest BCUT2D eigenvalue weighted by molar-refractivity contribution is 7.91. The monoisotopic (exact) mass is 378 g/mol. The van der Waals surface area contributed by atoms with Crippen LogP contribution in [0.2, 0.25) is 0 Å². The van der Waals surface area contributed by atoms with Crippen LogP contribution in [0.1, 0.15) is 56.1 Å². The number of aryl methyl sites for hydroxylation is 2. The number of amides is 1. The average Bonchev–Trinajstić information content (AvgIpc) is 3.13. The number of carbonyl (C=O) groups excluding carboxylic acids is 1. The van der Waals surface area contributed by atoms with E-state index in [1.54, 1.807) is 12.1 Å². The molecule has 144 valence electrons. The Kier molecular flexibility index (Phi) is 6.35. The smallest absolute Gasteiger partial charge is 0.221 e. The van der Waals surface area contributed by atoms with Crippen LogP contribution in [0.15, 0.2) is 23.1 Å². The molecule has 3 N–H and O–H groups in total. The minimum atomic E-state index is -3.44. The van der Waals surface area contributed by atoms with Crippen LogP contribution >= 0.6 is 0 Å². The average molecular weight is 379 g/mol. The summed E-state index contributed by atoms with van der Waals surface area (Å²) in [6.07, 6.45) is 8.85. The molecule has 0 spiro atoms. The van der Waals surface area contributed by atoms with Crippen LogP contribution in [0.5, 0.6) is 0 Å². The molecule has 0 radical (unpaired) electrons. The molecule has 0 aliphatic heterocycles. The molecule has 2 aliphatic carbocycles. The van der Waals surface area contributed by atoms with Gasteiger partial charge in [-0.3, -0.25) is 4.79 Å². The first-order valence-corrected chi connectivity index (χ1v) is 11.5. The van der Waals surface area contributed by atoms with Crippen molar-refractivity contribution in [1.82, 2.24) is 5.32 Å². The lowest BCUT2D eigenvalue weighted by Gasteiger charge is -2.30. The van der Waals surface area contributed by atoms with Gasteiger partial charge < -0.3 is 11.1 Å². The van der Waals surface area contributed by atoms with Crippen molar-refractivity contribution in [3.05, 3.63) is 29.3 Å². The van der Waals surface area contributed by atoms with E-state index in [2.05, 4.69) is 5.32 Å². The molecule has 6 heteroatoms. The normalized spacial score (nSPS) is 19.1. The molecule has 0 heterocycles. The molecule has 1 saturated carbocycles. The minimum Gasteiger partial charge on any atom is -0.352 e. The maximum atomic E-state index is 12.6. The Morgan fingerprint density at radius 3 is 2.58 bits per heavy atom. The number of carbonyl (C=O) groups is 1. The van der Waals surface area contributed by atoms with Gasteiger partial charge in [-0.15, -0.1) is 0 Å². The molecule has 3 rings (SSSR count). The first kappa shape index (κ1) is 19.4. The molecular weight excluding hydrogens is 348 g/mol. The van der Waals surface area contributed by atoms with Gasteiger partial charge in [0.1, 0.15) is 0 Å². The maximum absolute atomic E-state index is 12.6. The van der Waals surface area contributed by atoms with Crippen molar-refractivity contribution >= 4 is 15.7 Å². The third kappa shape index (κ3) is 4.65. The number of nitrogens with one attached hydrogen (secondary N) is 1. The van der Waals surface area contributed by atoms with E-state index in [0.717, 1.165) is 37.7 Å². The summed E-state index contributed by atoms with van der Waals surface area (Å²) in [6.45, 7) is 0.411. The van der Waals surface area contributed by atoms with Gasteiger partial charge in [0.2, 0.25) is 5.91 Å². The van der Waals surface area contributed by atoms with Crippen molar-refractivity contribution in [3.63, 3.8) is 0 Å². The molecule has 1 aromatic rings. The van der Waals surface area contributed by atoms with Crippen molar-refractivity contribution in [1.29, 1.82) is 0 Å². The molecule has 0 saturated heterocycles. The largest absolute Gasteiger partial charge is 0.352 e. The van der Waals surface area contributed by atoms with E-state index in [1.807, 2.05) is 6.07 Å². The summed E-state index contributed by atoms with van der Waals surface area (Å²) in [7, 11) is -3.44. The minimum absolute atomic E-state index is 0.0113. The van der Waals surface area contributed by atoms with E-state index in [-0.39, 0.29) is 24.1 Å². The standard InChI is InChI=1S/C20H30N2O3S/c21-14-19(16-5-2-1-3-6-16)22-20(23)11-12-26(24,25)18-10-9-15-7-4-8-17(15)13-18/h9-10,13,16,19H,1-8,11-12,14,21H2,(H,22,23). The summed E-state index contributed by atoms with van der Waals surface area (Å²) in [5.41, 5.74) is 8.23. The number of benzene rings is 1. The van der Waals surface area contributed by atoms with Gasteiger partial charge in [0.15, 0.2) is 9.84 Å². The Bertz CT molecular complexity index is 739. The number of nitrogens with two attached hydrogens (primary N) is 1. The van der Waals surface area contributed by atoms with Crippen LogP contribution in [-0.4, -0.2) is 32.7 Å². The summed E-state index contributed by atoms with van der Waals surface area (Å²) in [5, 5.41) is 2.97. The summed E-state index contributed by atoms with van der Waals surface area (Å²) < 4.78 is 25.2. The van der Waals surface area contributed by atoms with Crippen molar-refractivity contribution in [3.8, 4) is 0 Å². The predicted octanol–water partition coefficient (Wildman–Crippen LogP) is 2.36. The fourth-order valence-corrected chi connectivity index (χ4v) is 5.56. The number of hydrogen-bond acceptors (Lipinski definition) is 4. The lowest BCUT2D eigenvalue weighted by molar-refractivity contribution is -0.121. The highest BCUT2D eigenvalue weighted by Crippen LogP contribution is 2.27. The van der Waals surface area contributed by atoms with E-state index in [4.69, 9.17) is 5.73 Å². The molecule has 26 heavy (non-hydrogen) atoms. The van der Waals surface area contributed by atoms with Gasteiger partial charge in [-0.1, -0.05) is 25.3 Å². The SMILES string of the molecule is NCC(NC(=O)CCS(=O)(=O)c1ccc2c(c1)CCC2)C1CCCCC1. The van der Waals surface area contributed by atoms with Gasteiger partial charge in [-0.25, -0.2) is 8.42 Å². The van der Waals surface area contributed by atoms with Crippen molar-refractivity contribution < 1.29 is 13.2 Å². The molecule has 2 aliphatic rings. The molecule has 1 amide bonds. The zero-order valence-electron chi connectivity index (χ0n) is 15.4. The topological polar surface area (TPSA) is 89.3 Å². The Morgan fingerprint density at radius 1 is 1.12 bits per heavy atom. The van der Waals surface area contributed by atoms with Crippen LogP contribution in [0.4, 0.5) is 0 Å². The first-order chi connectivity index (χ1) is 12.5. The fraction of sp³-hybridized carbons (Fsp3) is 0.650. The fourth-order valence-electron chi connectivity index (χ4n) is 4.27. The van der Waals surface area contributed by atoms with Gasteiger partial charge in [0.05, 0.1) is 10.6 Å². The van der Waals surface area contributed by atoms with E-state index in [1.165, 1.54) is 24.8 Å². The van der Waals surface area contributed by atoms with Crippen molar-refractivity contribution in [2.24, 2.45) is 11.7 Å². The van der Waals surface area contributed by atoms with Gasteiger partial charge in [-0.05, 0) is 61.3 Å². The van der Waals surface area contributed by atoms with Crippen LogP contribution in [0.3, 0.4) is 0 Å². The number of sulfone groups is 1. The van der Waals surface area contributed by atoms with Crippen LogP contribution in [-0.2, 0) is 27.5 Å². The number of rotatable bonds is 7. The highest BCUT2D eigenvalue weighted by Gasteiger charge is 2.25. The Hall–Kier alpha value is -1.40. The Labute approximate surface area is 156 Å². The molecule has 1 aromatic carbocycles. The summed E-state index contributed by atoms with van der Waals surface area (Å²) >= 11 is 0. The Morgan fingerprint density at radius 2 is 1.85 bits per heavy atom. The first-order valence-electron chi connectivity index (χ1n) is 9.83. The van der Waals surface area contributed by atoms with E-state index in [9.17, 15) is 13.2 Å².